The molecule has 0 bridgehead atoms. The van der Waals surface area contributed by atoms with E-state index < -0.39 is 9.84 Å². The fraction of sp³-hybridized carbons (Fsp3) is 0.320. The second-order valence-corrected chi connectivity index (χ2v) is 10.6. The zero-order valence-corrected chi connectivity index (χ0v) is 20.6. The predicted molar refractivity (Wildman–Crippen MR) is 135 cm³/mol. The Balaban J connectivity index is 1.86. The van der Waals surface area contributed by atoms with Gasteiger partial charge in [-0.1, -0.05) is 44.5 Å². The van der Waals surface area contributed by atoms with Gasteiger partial charge in [-0.2, -0.15) is 0 Å². The van der Waals surface area contributed by atoms with Crippen LogP contribution in [0.15, 0.2) is 53.6 Å². The molecule has 1 N–H and O–H groups in total. The molecular weight excluding hydrogens is 458 g/mol. The molecule has 0 spiro atoms. The first-order valence-corrected chi connectivity index (χ1v) is 13.2. The van der Waals surface area contributed by atoms with Crippen molar-refractivity contribution in [3.63, 3.8) is 0 Å². The first-order valence-electron chi connectivity index (χ1n) is 11.2. The SMILES string of the molecule is CCN(CC)CCOc1ccc(-c2cccc(S(=O)(=O)CC)c2)c2c1[nH]c1ncc(Cl)cc12. The Morgan fingerprint density at radius 2 is 1.88 bits per heavy atom. The molecule has 0 saturated heterocycles. The quantitative estimate of drug-likeness (QED) is 0.336. The van der Waals surface area contributed by atoms with Crippen molar-refractivity contribution in [3.8, 4) is 16.9 Å². The molecule has 0 aliphatic carbocycles. The highest BCUT2D eigenvalue weighted by atomic mass is 35.5. The number of halogens is 1. The summed E-state index contributed by atoms with van der Waals surface area (Å²) in [5.74, 6) is 0.782. The van der Waals surface area contributed by atoms with E-state index in [0.717, 1.165) is 52.8 Å². The molecule has 0 unspecified atom stereocenters. The molecule has 0 saturated carbocycles. The Kier molecular flexibility index (Phi) is 6.93. The maximum Gasteiger partial charge on any atom is 0.178 e. The second-order valence-electron chi connectivity index (χ2n) is 7.84. The number of hydrogen-bond acceptors (Lipinski definition) is 5. The molecule has 4 aromatic rings. The van der Waals surface area contributed by atoms with Gasteiger partial charge >= 0.3 is 0 Å². The first kappa shape index (κ1) is 23.5. The van der Waals surface area contributed by atoms with Gasteiger partial charge in [0, 0.05) is 23.5 Å². The minimum Gasteiger partial charge on any atom is -0.490 e. The van der Waals surface area contributed by atoms with Crippen LogP contribution >= 0.6 is 11.6 Å². The Bertz CT molecular complexity index is 1400. The third kappa shape index (κ3) is 4.71. The van der Waals surface area contributed by atoms with Gasteiger partial charge in [-0.3, -0.25) is 0 Å². The van der Waals surface area contributed by atoms with Crippen LogP contribution in [-0.4, -0.2) is 55.3 Å². The van der Waals surface area contributed by atoms with E-state index in [9.17, 15) is 8.42 Å². The third-order valence-electron chi connectivity index (χ3n) is 5.98. The van der Waals surface area contributed by atoms with E-state index in [0.29, 0.717) is 22.2 Å². The largest absolute Gasteiger partial charge is 0.490 e. The summed E-state index contributed by atoms with van der Waals surface area (Å²) in [6.45, 7) is 9.26. The molecule has 0 aliphatic heterocycles. The van der Waals surface area contributed by atoms with Gasteiger partial charge in [0.2, 0.25) is 0 Å². The number of nitrogens with zero attached hydrogens (tertiary/aromatic N) is 2. The average Bonchev–Trinajstić information content (AvgIpc) is 3.21. The Morgan fingerprint density at radius 1 is 1.09 bits per heavy atom. The number of sulfone groups is 1. The van der Waals surface area contributed by atoms with E-state index >= 15 is 0 Å². The molecule has 2 aromatic heterocycles. The van der Waals surface area contributed by atoms with Crippen LogP contribution in [0.3, 0.4) is 0 Å². The van der Waals surface area contributed by atoms with E-state index in [1.807, 2.05) is 24.3 Å². The van der Waals surface area contributed by atoms with Gasteiger partial charge in [-0.05, 0) is 54.5 Å². The van der Waals surface area contributed by atoms with Crippen LogP contribution in [0.2, 0.25) is 5.02 Å². The van der Waals surface area contributed by atoms with Crippen LogP contribution in [0, 0.1) is 0 Å². The number of ether oxygens (including phenoxy) is 1. The molecule has 0 fully saturated rings. The summed E-state index contributed by atoms with van der Waals surface area (Å²) in [6, 6.07) is 12.8. The van der Waals surface area contributed by atoms with Crippen LogP contribution in [0.4, 0.5) is 0 Å². The summed E-state index contributed by atoms with van der Waals surface area (Å²) in [5.41, 5.74) is 3.22. The first-order chi connectivity index (χ1) is 15.9. The number of aromatic amines is 1. The van der Waals surface area contributed by atoms with Gasteiger partial charge in [0.25, 0.3) is 0 Å². The standard InChI is InChI=1S/C25H28ClN3O3S/c1-4-29(5-2)12-13-32-22-11-10-20(17-8-7-9-19(14-17)33(30,31)6-3)23-21-15-18(26)16-27-25(21)28-24(22)23/h7-11,14-16H,4-6,12-13H2,1-3H3,(H,27,28). The maximum absolute atomic E-state index is 12.5. The number of likely N-dealkylation sites (N-methyl/N-ethyl adjacent to an activating group) is 1. The lowest BCUT2D eigenvalue weighted by Gasteiger charge is -2.18. The van der Waals surface area contributed by atoms with Gasteiger partial charge in [-0.25, -0.2) is 13.4 Å². The predicted octanol–water partition coefficient (Wildman–Crippen LogP) is 5.55. The lowest BCUT2D eigenvalue weighted by atomic mass is 9.99. The van der Waals surface area contributed by atoms with Gasteiger partial charge < -0.3 is 14.6 Å². The van der Waals surface area contributed by atoms with Crippen molar-refractivity contribution >= 4 is 43.4 Å². The minimum absolute atomic E-state index is 0.0534. The van der Waals surface area contributed by atoms with Crippen LogP contribution in [0.25, 0.3) is 33.1 Å². The highest BCUT2D eigenvalue weighted by Crippen LogP contribution is 2.39. The summed E-state index contributed by atoms with van der Waals surface area (Å²) in [4.78, 5) is 10.4. The number of nitrogens with one attached hydrogen (secondary N) is 1. The molecule has 0 amide bonds. The van der Waals surface area contributed by atoms with Crippen molar-refractivity contribution in [1.82, 2.24) is 14.9 Å². The molecule has 6 nitrogen and oxygen atoms in total. The number of rotatable bonds is 9. The summed E-state index contributed by atoms with van der Waals surface area (Å²) >= 11 is 6.28. The number of H-pyrrole nitrogens is 1. The van der Waals surface area contributed by atoms with Gasteiger partial charge in [-0.15, -0.1) is 0 Å². The zero-order chi connectivity index (χ0) is 23.6. The topological polar surface area (TPSA) is 75.3 Å². The average molecular weight is 486 g/mol. The summed E-state index contributed by atoms with van der Waals surface area (Å²) < 4.78 is 31.1. The molecule has 2 aromatic carbocycles. The van der Waals surface area contributed by atoms with Gasteiger partial charge in [0.15, 0.2) is 9.84 Å². The number of aromatic nitrogens is 2. The molecule has 4 rings (SSSR count). The summed E-state index contributed by atoms with van der Waals surface area (Å²) in [5, 5.41) is 2.31. The summed E-state index contributed by atoms with van der Waals surface area (Å²) in [7, 11) is -3.32. The molecule has 0 atom stereocenters. The molecule has 0 radical (unpaired) electrons. The van der Waals surface area contributed by atoms with Crippen molar-refractivity contribution in [1.29, 1.82) is 0 Å². The van der Waals surface area contributed by atoms with E-state index in [-0.39, 0.29) is 5.75 Å². The molecule has 0 aliphatic rings. The maximum atomic E-state index is 12.5. The smallest absolute Gasteiger partial charge is 0.178 e. The van der Waals surface area contributed by atoms with Gasteiger partial charge in [0.05, 0.1) is 21.2 Å². The lowest BCUT2D eigenvalue weighted by molar-refractivity contribution is 0.224. The highest BCUT2D eigenvalue weighted by Gasteiger charge is 2.18. The lowest BCUT2D eigenvalue weighted by Crippen LogP contribution is -2.27. The van der Waals surface area contributed by atoms with E-state index in [2.05, 4.69) is 28.7 Å². The third-order valence-corrected chi connectivity index (χ3v) is 7.92. The van der Waals surface area contributed by atoms with E-state index in [1.54, 1.807) is 31.3 Å². The highest BCUT2D eigenvalue weighted by molar-refractivity contribution is 7.91. The number of hydrogen-bond donors (Lipinski definition) is 1. The minimum atomic E-state index is -3.32. The fourth-order valence-electron chi connectivity index (χ4n) is 4.04. The molecule has 174 valence electrons. The summed E-state index contributed by atoms with van der Waals surface area (Å²) in [6.07, 6.45) is 1.61. The fourth-order valence-corrected chi connectivity index (χ4v) is 5.13. The second kappa shape index (κ2) is 9.71. The van der Waals surface area contributed by atoms with Crippen molar-refractivity contribution < 1.29 is 13.2 Å². The van der Waals surface area contributed by atoms with Crippen LogP contribution in [-0.2, 0) is 9.84 Å². The Morgan fingerprint density at radius 3 is 2.61 bits per heavy atom. The van der Waals surface area contributed by atoms with Crippen molar-refractivity contribution in [2.45, 2.75) is 25.7 Å². The van der Waals surface area contributed by atoms with E-state index in [4.69, 9.17) is 16.3 Å². The van der Waals surface area contributed by atoms with Crippen LogP contribution in [0.5, 0.6) is 5.75 Å². The monoisotopic (exact) mass is 485 g/mol. The number of pyridine rings is 1. The molecule has 8 heteroatoms. The Hall–Kier alpha value is -2.61. The van der Waals surface area contributed by atoms with Crippen LogP contribution in [0.1, 0.15) is 20.8 Å². The molecule has 2 heterocycles. The molecule has 33 heavy (non-hydrogen) atoms. The van der Waals surface area contributed by atoms with E-state index in [1.165, 1.54) is 0 Å². The molecular formula is C25H28ClN3O3S. The Labute approximate surface area is 199 Å². The van der Waals surface area contributed by atoms with Crippen molar-refractivity contribution in [3.05, 3.63) is 53.7 Å². The van der Waals surface area contributed by atoms with Crippen molar-refractivity contribution in [2.24, 2.45) is 0 Å². The number of benzene rings is 2. The van der Waals surface area contributed by atoms with Crippen molar-refractivity contribution in [2.75, 3.05) is 32.0 Å². The van der Waals surface area contributed by atoms with Gasteiger partial charge in [0.1, 0.15) is 18.0 Å². The number of fused-ring (bicyclic) bond motifs is 3. The zero-order valence-electron chi connectivity index (χ0n) is 19.1. The van der Waals surface area contributed by atoms with Crippen LogP contribution < -0.4 is 4.74 Å². The normalized spacial score (nSPS) is 12.2.